The molecule has 2 N–H and O–H groups in total. The first kappa shape index (κ1) is 12.1. The van der Waals surface area contributed by atoms with E-state index >= 15 is 0 Å². The predicted octanol–water partition coefficient (Wildman–Crippen LogP) is 1.67. The lowest BCUT2D eigenvalue weighted by Crippen LogP contribution is -2.24. The standard InChI is InChI=1S/C12H13N3O3/c1-8(12(13)16)7-14-5-4-9-2-3-10(15(17)18)6-11(9)14/h2-6,8H,7H2,1H3,(H2,13,16). The molecule has 1 aromatic heterocycles. The summed E-state index contributed by atoms with van der Waals surface area (Å²) in [5.74, 6) is -0.706. The van der Waals surface area contributed by atoms with Crippen LogP contribution in [0.15, 0.2) is 30.5 Å². The van der Waals surface area contributed by atoms with Crippen molar-refractivity contribution in [2.24, 2.45) is 11.7 Å². The van der Waals surface area contributed by atoms with Crippen LogP contribution < -0.4 is 5.73 Å². The van der Waals surface area contributed by atoms with Crippen LogP contribution in [0.2, 0.25) is 0 Å². The van der Waals surface area contributed by atoms with Gasteiger partial charge in [-0.1, -0.05) is 6.92 Å². The minimum Gasteiger partial charge on any atom is -0.369 e. The highest BCUT2D eigenvalue weighted by Crippen LogP contribution is 2.22. The summed E-state index contributed by atoms with van der Waals surface area (Å²) in [6.45, 7) is 2.14. The molecule has 0 bridgehead atoms. The van der Waals surface area contributed by atoms with E-state index in [1.165, 1.54) is 12.1 Å². The van der Waals surface area contributed by atoms with E-state index in [9.17, 15) is 14.9 Å². The van der Waals surface area contributed by atoms with Gasteiger partial charge in [-0.2, -0.15) is 0 Å². The Hall–Kier alpha value is -2.37. The molecule has 0 saturated heterocycles. The Labute approximate surface area is 103 Å². The van der Waals surface area contributed by atoms with Crippen molar-refractivity contribution in [3.05, 3.63) is 40.6 Å². The van der Waals surface area contributed by atoms with Crippen LogP contribution in [-0.4, -0.2) is 15.4 Å². The molecule has 1 amide bonds. The maximum atomic E-state index is 11.0. The van der Waals surface area contributed by atoms with Crippen molar-refractivity contribution in [2.75, 3.05) is 0 Å². The summed E-state index contributed by atoms with van der Waals surface area (Å²) >= 11 is 0. The molecule has 0 aliphatic heterocycles. The Morgan fingerprint density at radius 2 is 2.22 bits per heavy atom. The molecule has 0 fully saturated rings. The van der Waals surface area contributed by atoms with Gasteiger partial charge in [-0.25, -0.2) is 0 Å². The Bertz CT molecular complexity index is 618. The minimum atomic E-state index is -0.436. The molecule has 1 aromatic carbocycles. The molecule has 18 heavy (non-hydrogen) atoms. The first-order valence-corrected chi connectivity index (χ1v) is 5.51. The summed E-state index contributed by atoms with van der Waals surface area (Å²) in [5, 5.41) is 11.6. The molecule has 0 radical (unpaired) electrons. The van der Waals surface area contributed by atoms with Crippen LogP contribution in [0.25, 0.3) is 10.9 Å². The Kier molecular flexibility index (Phi) is 3.01. The van der Waals surface area contributed by atoms with Crippen molar-refractivity contribution in [3.8, 4) is 0 Å². The molecule has 6 heteroatoms. The smallest absolute Gasteiger partial charge is 0.271 e. The summed E-state index contributed by atoms with van der Waals surface area (Å²) in [6, 6.07) is 6.51. The quantitative estimate of drug-likeness (QED) is 0.658. The zero-order valence-electron chi connectivity index (χ0n) is 9.87. The maximum absolute atomic E-state index is 11.0. The number of aromatic nitrogens is 1. The molecule has 0 spiro atoms. The number of nitrogens with zero attached hydrogens (tertiary/aromatic N) is 2. The van der Waals surface area contributed by atoms with Gasteiger partial charge in [0.2, 0.25) is 5.91 Å². The lowest BCUT2D eigenvalue weighted by Gasteiger charge is -2.09. The van der Waals surface area contributed by atoms with Crippen LogP contribution in [0.1, 0.15) is 6.92 Å². The third kappa shape index (κ3) is 2.17. The van der Waals surface area contributed by atoms with Gasteiger partial charge in [0, 0.05) is 30.3 Å². The molecule has 1 unspecified atom stereocenters. The molecule has 2 rings (SSSR count). The van der Waals surface area contributed by atoms with E-state index in [1.807, 2.05) is 6.07 Å². The molecular weight excluding hydrogens is 234 g/mol. The lowest BCUT2D eigenvalue weighted by molar-refractivity contribution is -0.384. The molecular formula is C12H13N3O3. The third-order valence-corrected chi connectivity index (χ3v) is 2.92. The molecule has 1 heterocycles. The van der Waals surface area contributed by atoms with Crippen molar-refractivity contribution in [1.29, 1.82) is 0 Å². The van der Waals surface area contributed by atoms with Gasteiger partial charge < -0.3 is 10.3 Å². The summed E-state index contributed by atoms with van der Waals surface area (Å²) in [5.41, 5.74) is 5.98. The molecule has 0 saturated carbocycles. The van der Waals surface area contributed by atoms with Crippen LogP contribution in [0.3, 0.4) is 0 Å². The minimum absolute atomic E-state index is 0.0363. The van der Waals surface area contributed by atoms with E-state index in [-0.39, 0.29) is 17.5 Å². The van der Waals surface area contributed by atoms with Crippen LogP contribution in [0.4, 0.5) is 5.69 Å². The number of amides is 1. The molecule has 1 atom stereocenters. The molecule has 94 valence electrons. The number of benzene rings is 1. The highest BCUT2D eigenvalue weighted by atomic mass is 16.6. The number of hydrogen-bond donors (Lipinski definition) is 1. The van der Waals surface area contributed by atoms with E-state index in [4.69, 9.17) is 5.73 Å². The van der Waals surface area contributed by atoms with Crippen LogP contribution in [0.5, 0.6) is 0 Å². The Morgan fingerprint density at radius 3 is 2.83 bits per heavy atom. The SMILES string of the molecule is CC(Cn1ccc2ccc([N+](=O)[O-])cc21)C(N)=O. The van der Waals surface area contributed by atoms with Crippen molar-refractivity contribution in [1.82, 2.24) is 4.57 Å². The normalized spacial score (nSPS) is 12.5. The zero-order valence-corrected chi connectivity index (χ0v) is 9.87. The first-order chi connectivity index (χ1) is 8.49. The number of nitro benzene ring substituents is 1. The average Bonchev–Trinajstić information content (AvgIpc) is 2.71. The summed E-state index contributed by atoms with van der Waals surface area (Å²) in [7, 11) is 0. The Morgan fingerprint density at radius 1 is 1.50 bits per heavy atom. The molecule has 6 nitrogen and oxygen atoms in total. The number of nitro groups is 1. The Balaban J connectivity index is 2.42. The lowest BCUT2D eigenvalue weighted by atomic mass is 10.1. The van der Waals surface area contributed by atoms with Crippen molar-refractivity contribution < 1.29 is 9.72 Å². The number of nitrogens with two attached hydrogens (primary N) is 1. The number of primary amides is 1. The highest BCUT2D eigenvalue weighted by molar-refractivity contribution is 5.83. The number of non-ortho nitro benzene ring substituents is 1. The van der Waals surface area contributed by atoms with Gasteiger partial charge in [0.15, 0.2) is 0 Å². The van der Waals surface area contributed by atoms with Gasteiger partial charge >= 0.3 is 0 Å². The zero-order chi connectivity index (χ0) is 13.3. The number of fused-ring (bicyclic) bond motifs is 1. The first-order valence-electron chi connectivity index (χ1n) is 5.51. The van der Waals surface area contributed by atoms with Crippen molar-refractivity contribution >= 4 is 22.5 Å². The number of carbonyl (C=O) groups excluding carboxylic acids is 1. The monoisotopic (exact) mass is 247 g/mol. The van der Waals surface area contributed by atoms with Crippen LogP contribution >= 0.6 is 0 Å². The van der Waals surface area contributed by atoms with E-state index in [1.54, 1.807) is 23.8 Å². The van der Waals surface area contributed by atoms with Gasteiger partial charge in [0.25, 0.3) is 5.69 Å². The van der Waals surface area contributed by atoms with Gasteiger partial charge in [0.05, 0.1) is 16.4 Å². The van der Waals surface area contributed by atoms with Gasteiger partial charge in [-0.3, -0.25) is 14.9 Å². The largest absolute Gasteiger partial charge is 0.369 e. The third-order valence-electron chi connectivity index (χ3n) is 2.92. The number of rotatable bonds is 4. The van der Waals surface area contributed by atoms with Crippen molar-refractivity contribution in [2.45, 2.75) is 13.5 Å². The molecule has 0 aliphatic rings. The highest BCUT2D eigenvalue weighted by Gasteiger charge is 2.13. The van der Waals surface area contributed by atoms with E-state index in [2.05, 4.69) is 0 Å². The van der Waals surface area contributed by atoms with E-state index in [0.717, 1.165) is 10.9 Å². The van der Waals surface area contributed by atoms with E-state index in [0.29, 0.717) is 6.54 Å². The summed E-state index contributed by atoms with van der Waals surface area (Å²) < 4.78 is 1.80. The second kappa shape index (κ2) is 4.48. The number of hydrogen-bond acceptors (Lipinski definition) is 3. The van der Waals surface area contributed by atoms with E-state index < -0.39 is 4.92 Å². The van der Waals surface area contributed by atoms with Crippen molar-refractivity contribution in [3.63, 3.8) is 0 Å². The summed E-state index contributed by atoms with van der Waals surface area (Å²) in [6.07, 6.45) is 1.80. The maximum Gasteiger partial charge on any atom is 0.271 e. The molecule has 2 aromatic rings. The predicted molar refractivity (Wildman–Crippen MR) is 67.0 cm³/mol. The summed E-state index contributed by atoms with van der Waals surface area (Å²) in [4.78, 5) is 21.3. The topological polar surface area (TPSA) is 91.2 Å². The van der Waals surface area contributed by atoms with Gasteiger partial charge in [-0.15, -0.1) is 0 Å². The van der Waals surface area contributed by atoms with Gasteiger partial charge in [0.1, 0.15) is 0 Å². The fourth-order valence-corrected chi connectivity index (χ4v) is 1.83. The second-order valence-electron chi connectivity index (χ2n) is 4.27. The van der Waals surface area contributed by atoms with Crippen LogP contribution in [0, 0.1) is 16.0 Å². The second-order valence-corrected chi connectivity index (χ2v) is 4.27. The molecule has 0 aliphatic carbocycles. The average molecular weight is 247 g/mol. The fraction of sp³-hybridized carbons (Fsp3) is 0.250. The van der Waals surface area contributed by atoms with Gasteiger partial charge in [-0.05, 0) is 12.1 Å². The van der Waals surface area contributed by atoms with Crippen LogP contribution in [-0.2, 0) is 11.3 Å². The number of carbonyl (C=O) groups is 1. The fourth-order valence-electron chi connectivity index (χ4n) is 1.83.